The van der Waals surface area contributed by atoms with Crippen LogP contribution in [0.25, 0.3) is 10.2 Å². The number of thiophene rings is 1. The monoisotopic (exact) mass is 238 g/mol. The van der Waals surface area contributed by atoms with Crippen LogP contribution >= 0.6 is 11.3 Å². The van der Waals surface area contributed by atoms with Crippen LogP contribution in [0.1, 0.15) is 20.3 Å². The number of hydrogen-bond donors (Lipinski definition) is 1. The molecule has 0 saturated heterocycles. The molecule has 5 heteroatoms. The molecule has 4 nitrogen and oxygen atoms in total. The van der Waals surface area contributed by atoms with E-state index in [0.29, 0.717) is 22.7 Å². The summed E-state index contributed by atoms with van der Waals surface area (Å²) in [5.74, 6) is 0.477. The summed E-state index contributed by atoms with van der Waals surface area (Å²) in [5, 5.41) is 1.81. The first-order valence-electron chi connectivity index (χ1n) is 5.30. The minimum atomic E-state index is -0.309. The van der Waals surface area contributed by atoms with Gasteiger partial charge in [-0.1, -0.05) is 13.8 Å². The second kappa shape index (κ2) is 4.25. The van der Waals surface area contributed by atoms with Crippen LogP contribution in [0.2, 0.25) is 0 Å². The van der Waals surface area contributed by atoms with Crippen molar-refractivity contribution >= 4 is 21.6 Å². The van der Waals surface area contributed by atoms with Gasteiger partial charge in [-0.25, -0.2) is 4.79 Å². The molecule has 0 aliphatic carbocycles. The van der Waals surface area contributed by atoms with Crippen LogP contribution < -0.4 is 11.2 Å². The fraction of sp³-hybridized carbons (Fsp3) is 0.455. The molecule has 2 heterocycles. The first-order chi connectivity index (χ1) is 7.59. The highest BCUT2D eigenvalue weighted by Gasteiger charge is 2.08. The number of nitrogens with zero attached hydrogens (tertiary/aromatic N) is 1. The number of nitrogens with one attached hydrogen (secondary N) is 1. The number of fused-ring (bicyclic) bond motifs is 1. The molecule has 0 radical (unpaired) electrons. The van der Waals surface area contributed by atoms with Gasteiger partial charge >= 0.3 is 5.69 Å². The van der Waals surface area contributed by atoms with E-state index in [4.69, 9.17) is 0 Å². The lowest BCUT2D eigenvalue weighted by molar-refractivity contribution is 0.497. The highest BCUT2D eigenvalue weighted by molar-refractivity contribution is 7.17. The maximum absolute atomic E-state index is 12.0. The second-order valence-corrected chi connectivity index (χ2v) is 5.15. The molecular weight excluding hydrogens is 224 g/mol. The molecule has 0 fully saturated rings. The van der Waals surface area contributed by atoms with Crippen molar-refractivity contribution in [3.8, 4) is 0 Å². The van der Waals surface area contributed by atoms with Crippen LogP contribution in [0.4, 0.5) is 0 Å². The Balaban J connectivity index is 2.52. The lowest BCUT2D eigenvalue weighted by Gasteiger charge is -2.06. The Kier molecular flexibility index (Phi) is 2.96. The molecular formula is C11H14N2O2S. The van der Waals surface area contributed by atoms with Crippen molar-refractivity contribution in [3.63, 3.8) is 0 Å². The average molecular weight is 238 g/mol. The van der Waals surface area contributed by atoms with Crippen molar-refractivity contribution in [1.82, 2.24) is 9.55 Å². The minimum absolute atomic E-state index is 0.172. The Hall–Kier alpha value is -1.36. The lowest BCUT2D eigenvalue weighted by atomic mass is 10.1. The molecule has 0 aliphatic heterocycles. The molecule has 1 N–H and O–H groups in total. The zero-order valence-corrected chi connectivity index (χ0v) is 10.1. The SMILES string of the molecule is CC(C)CCn1c(=O)[nH]c2ccsc2c1=O. The predicted octanol–water partition coefficient (Wildman–Crippen LogP) is 1.80. The summed E-state index contributed by atoms with van der Waals surface area (Å²) >= 11 is 1.37. The Morgan fingerprint density at radius 1 is 1.44 bits per heavy atom. The molecule has 0 aromatic carbocycles. The van der Waals surface area contributed by atoms with E-state index in [-0.39, 0.29) is 11.2 Å². The molecule has 0 spiro atoms. The maximum atomic E-state index is 12.0. The van der Waals surface area contributed by atoms with Gasteiger partial charge in [0, 0.05) is 6.54 Å². The molecule has 0 bridgehead atoms. The first-order valence-corrected chi connectivity index (χ1v) is 6.18. The molecule has 86 valence electrons. The molecule has 2 rings (SSSR count). The fourth-order valence-corrected chi connectivity index (χ4v) is 2.36. The average Bonchev–Trinajstić information content (AvgIpc) is 2.64. The Morgan fingerprint density at radius 2 is 2.19 bits per heavy atom. The number of aromatic nitrogens is 2. The summed E-state index contributed by atoms with van der Waals surface area (Å²) in [7, 11) is 0. The normalized spacial score (nSPS) is 11.4. The van der Waals surface area contributed by atoms with Gasteiger partial charge in [-0.2, -0.15) is 0 Å². The molecule has 0 saturated carbocycles. The molecule has 2 aromatic rings. The highest BCUT2D eigenvalue weighted by atomic mass is 32.1. The van der Waals surface area contributed by atoms with Crippen molar-refractivity contribution in [2.45, 2.75) is 26.8 Å². The molecule has 0 atom stereocenters. The van der Waals surface area contributed by atoms with Crippen LogP contribution in [-0.4, -0.2) is 9.55 Å². The third-order valence-electron chi connectivity index (χ3n) is 2.52. The van der Waals surface area contributed by atoms with E-state index < -0.39 is 0 Å². The van der Waals surface area contributed by atoms with Gasteiger partial charge in [0.2, 0.25) is 0 Å². The zero-order chi connectivity index (χ0) is 11.7. The minimum Gasteiger partial charge on any atom is -0.306 e. The topological polar surface area (TPSA) is 54.9 Å². The van der Waals surface area contributed by atoms with Gasteiger partial charge in [0.15, 0.2) is 0 Å². The van der Waals surface area contributed by atoms with Crippen LogP contribution in [0.5, 0.6) is 0 Å². The van der Waals surface area contributed by atoms with Gasteiger partial charge in [0.25, 0.3) is 5.56 Å². The van der Waals surface area contributed by atoms with Crippen molar-refractivity contribution in [3.05, 3.63) is 32.3 Å². The van der Waals surface area contributed by atoms with Crippen LogP contribution in [0.3, 0.4) is 0 Å². The maximum Gasteiger partial charge on any atom is 0.328 e. The predicted molar refractivity (Wildman–Crippen MR) is 66.2 cm³/mol. The second-order valence-electron chi connectivity index (χ2n) is 4.23. The van der Waals surface area contributed by atoms with Gasteiger partial charge in [0.05, 0.1) is 5.52 Å². The third-order valence-corrected chi connectivity index (χ3v) is 3.42. The van der Waals surface area contributed by atoms with E-state index in [2.05, 4.69) is 18.8 Å². The molecule has 16 heavy (non-hydrogen) atoms. The molecule has 0 aliphatic rings. The van der Waals surface area contributed by atoms with Crippen molar-refractivity contribution in [1.29, 1.82) is 0 Å². The van der Waals surface area contributed by atoms with Gasteiger partial charge in [-0.15, -0.1) is 11.3 Å². The number of aromatic amines is 1. The van der Waals surface area contributed by atoms with Crippen LogP contribution in [0, 0.1) is 5.92 Å². The summed E-state index contributed by atoms with van der Waals surface area (Å²) in [5.41, 5.74) is 0.159. The van der Waals surface area contributed by atoms with Gasteiger partial charge in [-0.05, 0) is 23.8 Å². The summed E-state index contributed by atoms with van der Waals surface area (Å²) in [6.07, 6.45) is 0.833. The molecule has 0 unspecified atom stereocenters. The lowest BCUT2D eigenvalue weighted by Crippen LogP contribution is -2.34. The van der Waals surface area contributed by atoms with E-state index in [1.54, 1.807) is 6.07 Å². The Labute approximate surface area is 96.6 Å². The third kappa shape index (κ3) is 1.95. The summed E-state index contributed by atoms with van der Waals surface area (Å²) < 4.78 is 1.92. The fourth-order valence-electron chi connectivity index (χ4n) is 1.56. The van der Waals surface area contributed by atoms with Crippen LogP contribution in [0.15, 0.2) is 21.0 Å². The quantitative estimate of drug-likeness (QED) is 0.886. The van der Waals surface area contributed by atoms with E-state index in [0.717, 1.165) is 6.42 Å². The number of H-pyrrole nitrogens is 1. The van der Waals surface area contributed by atoms with Crippen molar-refractivity contribution in [2.75, 3.05) is 0 Å². The summed E-state index contributed by atoms with van der Waals surface area (Å²) in [6, 6.07) is 1.76. The van der Waals surface area contributed by atoms with E-state index >= 15 is 0 Å². The Morgan fingerprint density at radius 3 is 2.88 bits per heavy atom. The van der Waals surface area contributed by atoms with Gasteiger partial charge in [-0.3, -0.25) is 9.36 Å². The first kappa shape index (κ1) is 11.1. The summed E-state index contributed by atoms with van der Waals surface area (Å²) in [6.45, 7) is 4.63. The van der Waals surface area contributed by atoms with E-state index in [9.17, 15) is 9.59 Å². The zero-order valence-electron chi connectivity index (χ0n) is 9.32. The van der Waals surface area contributed by atoms with Crippen molar-refractivity contribution in [2.24, 2.45) is 5.92 Å². The largest absolute Gasteiger partial charge is 0.328 e. The molecule has 2 aromatic heterocycles. The van der Waals surface area contributed by atoms with Gasteiger partial charge in [0.1, 0.15) is 4.70 Å². The number of rotatable bonds is 3. The van der Waals surface area contributed by atoms with Gasteiger partial charge < -0.3 is 4.98 Å². The summed E-state index contributed by atoms with van der Waals surface area (Å²) in [4.78, 5) is 26.4. The molecule has 0 amide bonds. The van der Waals surface area contributed by atoms with E-state index in [1.165, 1.54) is 15.9 Å². The highest BCUT2D eigenvalue weighted by Crippen LogP contribution is 2.12. The standard InChI is InChI=1S/C11H14N2O2S/c1-7(2)3-5-13-10(14)9-8(4-6-16-9)12-11(13)15/h4,6-7H,3,5H2,1-2H3,(H,12,15). The number of hydrogen-bond acceptors (Lipinski definition) is 3. The van der Waals surface area contributed by atoms with E-state index in [1.807, 2.05) is 5.38 Å². The van der Waals surface area contributed by atoms with Crippen molar-refractivity contribution < 1.29 is 0 Å². The van der Waals surface area contributed by atoms with Crippen LogP contribution in [-0.2, 0) is 6.54 Å². The smallest absolute Gasteiger partial charge is 0.306 e. The Bertz CT molecular complexity index is 606.